The van der Waals surface area contributed by atoms with Crippen LogP contribution in [0.2, 0.25) is 0 Å². The van der Waals surface area contributed by atoms with Crippen molar-refractivity contribution in [2.24, 2.45) is 0 Å². The Morgan fingerprint density at radius 1 is 0.727 bits per heavy atom. The maximum atomic E-state index is 11.9. The lowest BCUT2D eigenvalue weighted by atomic mass is 10.1. The number of aliphatic hydroxyl groups is 1. The predicted molar refractivity (Wildman–Crippen MR) is 178 cm³/mol. The number of amides is 1. The van der Waals surface area contributed by atoms with Crippen LogP contribution in [0.3, 0.4) is 0 Å². The lowest BCUT2D eigenvalue weighted by Crippen LogP contribution is -2.27. The lowest BCUT2D eigenvalue weighted by Gasteiger charge is -2.15. The number of ether oxygens (including phenoxy) is 1. The molecule has 0 aromatic heterocycles. The van der Waals surface area contributed by atoms with E-state index in [1.54, 1.807) is 0 Å². The number of carbonyl (C=O) groups is 2. The van der Waals surface area contributed by atoms with Crippen molar-refractivity contribution in [2.45, 2.75) is 103 Å². The van der Waals surface area contributed by atoms with Gasteiger partial charge in [-0.1, -0.05) is 93.2 Å². The van der Waals surface area contributed by atoms with Crippen LogP contribution in [0.1, 0.15) is 97.3 Å². The maximum absolute atomic E-state index is 11.9. The standard InChI is InChI=1S/C34H56NO8P/c1-3-5-7-8-9-10-11-12-13-14-15-16-17-18-19-20-21-22-23-24-25-26-33(37)35-28-29-42-44(39,40)43-31-32(36)30-41-34(38)27-6-4-2/h5,7,9-10,12-13,15-16,18-19,21-22,32,36H,3-4,6,8,11,14,17,20,23-31H2,1-2H3,(H,35,37)(H,39,40)/b7-5-,10-9-,13-12-,16-15-,19-18-,22-21-. The Morgan fingerprint density at radius 3 is 1.82 bits per heavy atom. The smallest absolute Gasteiger partial charge is 0.463 e. The van der Waals surface area contributed by atoms with Gasteiger partial charge in [-0.15, -0.1) is 0 Å². The van der Waals surface area contributed by atoms with Crippen LogP contribution in [-0.2, 0) is 27.9 Å². The molecule has 0 fully saturated rings. The molecule has 0 aliphatic heterocycles. The van der Waals surface area contributed by atoms with Crippen LogP contribution in [0.5, 0.6) is 0 Å². The van der Waals surface area contributed by atoms with E-state index >= 15 is 0 Å². The van der Waals surface area contributed by atoms with Crippen molar-refractivity contribution in [1.82, 2.24) is 5.32 Å². The molecule has 0 bridgehead atoms. The fraction of sp³-hybridized carbons (Fsp3) is 0.588. The van der Waals surface area contributed by atoms with Crippen LogP contribution >= 0.6 is 7.82 Å². The highest BCUT2D eigenvalue weighted by Gasteiger charge is 2.23. The number of allylic oxidation sites excluding steroid dienone is 12. The van der Waals surface area contributed by atoms with Gasteiger partial charge in [0.1, 0.15) is 12.7 Å². The van der Waals surface area contributed by atoms with E-state index in [1.807, 2.05) is 6.92 Å². The molecular weight excluding hydrogens is 581 g/mol. The highest BCUT2D eigenvalue weighted by molar-refractivity contribution is 7.47. The summed E-state index contributed by atoms with van der Waals surface area (Å²) in [4.78, 5) is 33.0. The van der Waals surface area contributed by atoms with Gasteiger partial charge in [0.05, 0.1) is 13.2 Å². The average molecular weight is 638 g/mol. The number of phosphoric ester groups is 1. The summed E-state index contributed by atoms with van der Waals surface area (Å²) in [6.07, 6.45) is 35.3. The molecule has 0 rings (SSSR count). The Kier molecular flexibility index (Phi) is 28.7. The average Bonchev–Trinajstić information content (AvgIpc) is 3.00. The number of nitrogens with one attached hydrogen (secondary N) is 1. The number of rotatable bonds is 28. The van der Waals surface area contributed by atoms with Crippen LogP contribution in [0, 0.1) is 0 Å². The van der Waals surface area contributed by atoms with E-state index in [4.69, 9.17) is 13.8 Å². The summed E-state index contributed by atoms with van der Waals surface area (Å²) < 4.78 is 26.2. The predicted octanol–water partition coefficient (Wildman–Crippen LogP) is 7.59. The van der Waals surface area contributed by atoms with Gasteiger partial charge in [-0.25, -0.2) is 4.57 Å². The zero-order valence-corrected chi connectivity index (χ0v) is 27.7. The summed E-state index contributed by atoms with van der Waals surface area (Å²) in [5.41, 5.74) is 0. The van der Waals surface area contributed by atoms with E-state index < -0.39 is 26.5 Å². The monoisotopic (exact) mass is 637 g/mol. The Hall–Kier alpha value is -2.55. The highest BCUT2D eigenvalue weighted by Crippen LogP contribution is 2.42. The van der Waals surface area contributed by atoms with Crippen molar-refractivity contribution >= 4 is 19.7 Å². The second-order valence-electron chi connectivity index (χ2n) is 10.0. The Labute approximate surface area is 265 Å². The van der Waals surface area contributed by atoms with Crippen molar-refractivity contribution in [3.8, 4) is 0 Å². The molecule has 44 heavy (non-hydrogen) atoms. The molecule has 0 radical (unpaired) electrons. The molecule has 0 saturated carbocycles. The van der Waals surface area contributed by atoms with E-state index in [9.17, 15) is 24.2 Å². The summed E-state index contributed by atoms with van der Waals surface area (Å²) in [5.74, 6) is -0.607. The summed E-state index contributed by atoms with van der Waals surface area (Å²) >= 11 is 0. The van der Waals surface area contributed by atoms with E-state index in [2.05, 4.69) is 85.2 Å². The Balaban J connectivity index is 3.72. The fourth-order valence-corrected chi connectivity index (χ4v) is 4.23. The zero-order valence-electron chi connectivity index (χ0n) is 26.8. The molecule has 3 N–H and O–H groups in total. The Bertz CT molecular complexity index is 955. The third-order valence-electron chi connectivity index (χ3n) is 5.90. The second kappa shape index (κ2) is 30.5. The van der Waals surface area contributed by atoms with Gasteiger partial charge in [0, 0.05) is 19.4 Å². The van der Waals surface area contributed by atoms with Crippen molar-refractivity contribution in [3.05, 3.63) is 72.9 Å². The van der Waals surface area contributed by atoms with Crippen LogP contribution in [0.4, 0.5) is 0 Å². The summed E-state index contributed by atoms with van der Waals surface area (Å²) in [6.45, 7) is 3.05. The first-order valence-corrected chi connectivity index (χ1v) is 17.4. The van der Waals surface area contributed by atoms with Gasteiger partial charge in [-0.05, 0) is 64.2 Å². The highest BCUT2D eigenvalue weighted by atomic mass is 31.2. The summed E-state index contributed by atoms with van der Waals surface area (Å²) in [6, 6.07) is 0. The second-order valence-corrected chi connectivity index (χ2v) is 11.5. The third kappa shape index (κ3) is 30.9. The molecule has 0 saturated heterocycles. The zero-order chi connectivity index (χ0) is 32.6. The molecule has 0 spiro atoms. The van der Waals surface area contributed by atoms with E-state index in [0.717, 1.165) is 64.2 Å². The molecule has 10 heteroatoms. The molecule has 1 amide bonds. The maximum Gasteiger partial charge on any atom is 0.472 e. The molecule has 0 aromatic rings. The summed E-state index contributed by atoms with van der Waals surface area (Å²) in [7, 11) is -4.40. The van der Waals surface area contributed by atoms with Crippen molar-refractivity contribution in [1.29, 1.82) is 0 Å². The lowest BCUT2D eigenvalue weighted by molar-refractivity contribution is -0.147. The van der Waals surface area contributed by atoms with E-state index in [-0.39, 0.29) is 32.1 Å². The van der Waals surface area contributed by atoms with Gasteiger partial charge in [0.25, 0.3) is 0 Å². The number of hydrogen-bond donors (Lipinski definition) is 3. The molecule has 250 valence electrons. The minimum Gasteiger partial charge on any atom is -0.463 e. The number of carbonyl (C=O) groups excluding carboxylic acids is 2. The topological polar surface area (TPSA) is 131 Å². The van der Waals surface area contributed by atoms with E-state index in [0.29, 0.717) is 12.8 Å². The van der Waals surface area contributed by atoms with Gasteiger partial charge in [0.15, 0.2) is 0 Å². The SMILES string of the molecule is CC/C=C\C/C=C\C/C=C\C/C=C\C/C=C\C/C=C\CCCCC(=O)NCCOP(=O)(O)OCC(O)COC(=O)CCCC. The van der Waals surface area contributed by atoms with Crippen molar-refractivity contribution in [2.75, 3.05) is 26.4 Å². The number of phosphoric acid groups is 1. The largest absolute Gasteiger partial charge is 0.472 e. The fourth-order valence-electron chi connectivity index (χ4n) is 3.48. The molecule has 9 nitrogen and oxygen atoms in total. The first-order chi connectivity index (χ1) is 21.3. The van der Waals surface area contributed by atoms with Gasteiger partial charge in [-0.3, -0.25) is 18.6 Å². The minimum absolute atomic E-state index is 0.0531. The first kappa shape index (κ1) is 41.4. The van der Waals surface area contributed by atoms with Gasteiger partial charge in [0.2, 0.25) is 5.91 Å². The van der Waals surface area contributed by atoms with Crippen LogP contribution in [-0.4, -0.2) is 54.3 Å². The normalized spacial score (nSPS) is 14.5. The van der Waals surface area contributed by atoms with Gasteiger partial charge in [-0.2, -0.15) is 0 Å². The van der Waals surface area contributed by atoms with E-state index in [1.165, 1.54) is 0 Å². The quantitative estimate of drug-likeness (QED) is 0.0346. The first-order valence-electron chi connectivity index (χ1n) is 15.9. The number of unbranched alkanes of at least 4 members (excludes halogenated alkanes) is 3. The Morgan fingerprint density at radius 2 is 1.27 bits per heavy atom. The number of aliphatic hydroxyl groups excluding tert-OH is 1. The van der Waals surface area contributed by atoms with Crippen LogP contribution in [0.25, 0.3) is 0 Å². The van der Waals surface area contributed by atoms with Crippen molar-refractivity contribution < 1.29 is 37.9 Å². The third-order valence-corrected chi connectivity index (χ3v) is 6.89. The molecule has 0 aliphatic rings. The minimum atomic E-state index is -4.40. The van der Waals surface area contributed by atoms with Crippen LogP contribution < -0.4 is 5.32 Å². The molecule has 2 atom stereocenters. The van der Waals surface area contributed by atoms with Gasteiger partial charge >= 0.3 is 13.8 Å². The van der Waals surface area contributed by atoms with Gasteiger partial charge < -0.3 is 20.1 Å². The molecule has 0 aliphatic carbocycles. The molecular formula is C34H56NO8P. The molecule has 2 unspecified atom stereocenters. The number of esters is 1. The molecule has 0 heterocycles. The van der Waals surface area contributed by atoms with Crippen LogP contribution in [0.15, 0.2) is 72.9 Å². The summed E-state index contributed by atoms with van der Waals surface area (Å²) in [5, 5.41) is 12.4. The number of hydrogen-bond acceptors (Lipinski definition) is 7. The van der Waals surface area contributed by atoms with Crippen molar-refractivity contribution in [3.63, 3.8) is 0 Å². The molecule has 0 aromatic carbocycles.